The summed E-state index contributed by atoms with van der Waals surface area (Å²) in [6.45, 7) is 4.23. The molecule has 3 rings (SSSR count). The maximum atomic E-state index is 5.84. The minimum Gasteiger partial charge on any atom is -0.398 e. The molecule has 1 aromatic carbocycles. The Morgan fingerprint density at radius 1 is 1.06 bits per heavy atom. The number of aromatic nitrogens is 2. The van der Waals surface area contributed by atoms with Crippen molar-refractivity contribution in [2.24, 2.45) is 0 Å². The van der Waals surface area contributed by atoms with Crippen molar-refractivity contribution >= 4 is 11.2 Å². The van der Waals surface area contributed by atoms with Crippen LogP contribution in [0.1, 0.15) is 11.1 Å². The van der Waals surface area contributed by atoms with E-state index in [1.54, 1.807) is 0 Å². The Balaban J connectivity index is 2.24. The number of aryl methyl sites for hydroxylation is 2. The van der Waals surface area contributed by atoms with E-state index in [1.165, 1.54) is 11.1 Å². The maximum absolute atomic E-state index is 5.84. The molecule has 3 aromatic rings. The summed E-state index contributed by atoms with van der Waals surface area (Å²) in [6, 6.07) is 10.2. The molecule has 0 saturated carbocycles. The van der Waals surface area contributed by atoms with E-state index in [1.807, 2.05) is 28.9 Å². The van der Waals surface area contributed by atoms with E-state index in [-0.39, 0.29) is 0 Å². The molecule has 90 valence electrons. The number of imidazole rings is 1. The highest BCUT2D eigenvalue weighted by atomic mass is 15.0. The Bertz CT molecular complexity index is 726. The minimum absolute atomic E-state index is 0.741. The maximum Gasteiger partial charge on any atom is 0.144 e. The molecule has 0 aliphatic carbocycles. The highest BCUT2D eigenvalue weighted by molar-refractivity contribution is 5.65. The van der Waals surface area contributed by atoms with Crippen molar-refractivity contribution in [3.05, 3.63) is 53.9 Å². The SMILES string of the molecule is Cc1ccc(-c2ncc3ccc(N)cn23)cc1C. The minimum atomic E-state index is 0.741. The van der Waals surface area contributed by atoms with Crippen LogP contribution >= 0.6 is 0 Å². The number of fused-ring (bicyclic) bond motifs is 1. The number of anilines is 1. The number of nitrogens with zero attached hydrogens (tertiary/aromatic N) is 2. The van der Waals surface area contributed by atoms with E-state index in [2.05, 4.69) is 37.0 Å². The summed E-state index contributed by atoms with van der Waals surface area (Å²) >= 11 is 0. The highest BCUT2D eigenvalue weighted by Gasteiger charge is 2.07. The van der Waals surface area contributed by atoms with Gasteiger partial charge in [-0.25, -0.2) is 4.98 Å². The quantitative estimate of drug-likeness (QED) is 0.706. The summed E-state index contributed by atoms with van der Waals surface area (Å²) in [7, 11) is 0. The Morgan fingerprint density at radius 2 is 1.89 bits per heavy atom. The number of hydrogen-bond acceptors (Lipinski definition) is 2. The topological polar surface area (TPSA) is 43.3 Å². The van der Waals surface area contributed by atoms with Crippen LogP contribution in [0.15, 0.2) is 42.7 Å². The van der Waals surface area contributed by atoms with Crippen molar-refractivity contribution < 1.29 is 0 Å². The van der Waals surface area contributed by atoms with Gasteiger partial charge in [-0.3, -0.25) is 4.40 Å². The number of rotatable bonds is 1. The first-order valence-electron chi connectivity index (χ1n) is 5.95. The summed E-state index contributed by atoms with van der Waals surface area (Å²) in [5, 5.41) is 0. The zero-order valence-electron chi connectivity index (χ0n) is 10.5. The molecule has 0 amide bonds. The predicted molar refractivity (Wildman–Crippen MR) is 74.5 cm³/mol. The van der Waals surface area contributed by atoms with Crippen LogP contribution in [0, 0.1) is 13.8 Å². The fraction of sp³-hybridized carbons (Fsp3) is 0.133. The lowest BCUT2D eigenvalue weighted by Crippen LogP contribution is -1.93. The first-order chi connectivity index (χ1) is 8.65. The summed E-state index contributed by atoms with van der Waals surface area (Å²) in [6.07, 6.45) is 3.77. The third kappa shape index (κ3) is 1.64. The van der Waals surface area contributed by atoms with Gasteiger partial charge in [0.05, 0.1) is 11.7 Å². The van der Waals surface area contributed by atoms with E-state index in [4.69, 9.17) is 5.73 Å². The van der Waals surface area contributed by atoms with Crippen molar-refractivity contribution in [3.8, 4) is 11.4 Å². The molecule has 2 aromatic heterocycles. The van der Waals surface area contributed by atoms with Crippen molar-refractivity contribution in [2.45, 2.75) is 13.8 Å². The highest BCUT2D eigenvalue weighted by Crippen LogP contribution is 2.23. The molecule has 0 aliphatic heterocycles. The van der Waals surface area contributed by atoms with Gasteiger partial charge < -0.3 is 5.73 Å². The van der Waals surface area contributed by atoms with E-state index in [9.17, 15) is 0 Å². The lowest BCUT2D eigenvalue weighted by molar-refractivity contribution is 1.16. The predicted octanol–water partition coefficient (Wildman–Crippen LogP) is 3.20. The van der Waals surface area contributed by atoms with Gasteiger partial charge in [0, 0.05) is 17.4 Å². The molecule has 0 aliphatic rings. The van der Waals surface area contributed by atoms with Crippen molar-refractivity contribution in [3.63, 3.8) is 0 Å². The van der Waals surface area contributed by atoms with Crippen molar-refractivity contribution in [1.82, 2.24) is 9.38 Å². The van der Waals surface area contributed by atoms with Crippen molar-refractivity contribution in [2.75, 3.05) is 5.73 Å². The van der Waals surface area contributed by atoms with Gasteiger partial charge in [-0.15, -0.1) is 0 Å². The third-order valence-electron chi connectivity index (χ3n) is 3.32. The lowest BCUT2D eigenvalue weighted by atomic mass is 10.1. The van der Waals surface area contributed by atoms with Crippen LogP contribution in [0.2, 0.25) is 0 Å². The number of pyridine rings is 1. The second kappa shape index (κ2) is 3.88. The van der Waals surface area contributed by atoms with E-state index < -0.39 is 0 Å². The Kier molecular flexibility index (Phi) is 2.33. The largest absolute Gasteiger partial charge is 0.398 e. The fourth-order valence-corrected chi connectivity index (χ4v) is 2.10. The molecule has 2 heterocycles. The van der Waals surface area contributed by atoms with Gasteiger partial charge >= 0.3 is 0 Å². The first-order valence-corrected chi connectivity index (χ1v) is 5.95. The fourth-order valence-electron chi connectivity index (χ4n) is 2.10. The molecule has 0 bridgehead atoms. The van der Waals surface area contributed by atoms with Crippen molar-refractivity contribution in [1.29, 1.82) is 0 Å². The van der Waals surface area contributed by atoms with Crippen LogP contribution in [0.5, 0.6) is 0 Å². The van der Waals surface area contributed by atoms with Crippen LogP contribution in [-0.4, -0.2) is 9.38 Å². The van der Waals surface area contributed by atoms with Gasteiger partial charge in [-0.1, -0.05) is 12.1 Å². The molecule has 2 N–H and O–H groups in total. The monoisotopic (exact) mass is 237 g/mol. The molecule has 3 nitrogen and oxygen atoms in total. The average Bonchev–Trinajstić information content (AvgIpc) is 2.75. The van der Waals surface area contributed by atoms with Crippen LogP contribution < -0.4 is 5.73 Å². The molecule has 0 saturated heterocycles. The van der Waals surface area contributed by atoms with E-state index >= 15 is 0 Å². The van der Waals surface area contributed by atoms with Crippen LogP contribution in [0.3, 0.4) is 0 Å². The molecular formula is C15H15N3. The summed E-state index contributed by atoms with van der Waals surface area (Å²) in [5.41, 5.74) is 11.3. The van der Waals surface area contributed by atoms with Gasteiger partial charge in [0.1, 0.15) is 5.82 Å². The van der Waals surface area contributed by atoms with Crippen LogP contribution in [0.25, 0.3) is 16.9 Å². The zero-order valence-corrected chi connectivity index (χ0v) is 10.5. The standard InChI is InChI=1S/C15H15N3/c1-10-3-4-12(7-11(10)2)15-17-8-14-6-5-13(16)9-18(14)15/h3-9H,16H2,1-2H3. The van der Waals surface area contributed by atoms with Crippen LogP contribution in [-0.2, 0) is 0 Å². The summed E-state index contributed by atoms with van der Waals surface area (Å²) < 4.78 is 2.03. The van der Waals surface area contributed by atoms with Gasteiger partial charge in [0.25, 0.3) is 0 Å². The number of nitrogens with two attached hydrogens (primary N) is 1. The first kappa shape index (κ1) is 10.8. The zero-order chi connectivity index (χ0) is 12.7. The van der Waals surface area contributed by atoms with Gasteiger partial charge in [0.15, 0.2) is 0 Å². The van der Waals surface area contributed by atoms with Gasteiger partial charge in [0.2, 0.25) is 0 Å². The van der Waals surface area contributed by atoms with E-state index in [0.717, 1.165) is 22.6 Å². The molecule has 0 spiro atoms. The molecule has 0 radical (unpaired) electrons. The Hall–Kier alpha value is -2.29. The number of nitrogen functional groups attached to an aromatic ring is 1. The second-order valence-corrected chi connectivity index (χ2v) is 4.64. The summed E-state index contributed by atoms with van der Waals surface area (Å²) in [4.78, 5) is 4.48. The smallest absolute Gasteiger partial charge is 0.144 e. The van der Waals surface area contributed by atoms with Gasteiger partial charge in [-0.2, -0.15) is 0 Å². The molecule has 3 heteroatoms. The molecule has 18 heavy (non-hydrogen) atoms. The second-order valence-electron chi connectivity index (χ2n) is 4.64. The molecule has 0 unspecified atom stereocenters. The average molecular weight is 237 g/mol. The van der Waals surface area contributed by atoms with Gasteiger partial charge in [-0.05, 0) is 43.2 Å². The lowest BCUT2D eigenvalue weighted by Gasteiger charge is -2.05. The Labute approximate surface area is 106 Å². The molecule has 0 fully saturated rings. The number of hydrogen-bond donors (Lipinski definition) is 1. The van der Waals surface area contributed by atoms with E-state index in [0.29, 0.717) is 0 Å². The number of benzene rings is 1. The van der Waals surface area contributed by atoms with Crippen LogP contribution in [0.4, 0.5) is 5.69 Å². The normalized spacial score (nSPS) is 11.0. The third-order valence-corrected chi connectivity index (χ3v) is 3.32. The molecular weight excluding hydrogens is 222 g/mol. The summed E-state index contributed by atoms with van der Waals surface area (Å²) in [5.74, 6) is 0.931. The Morgan fingerprint density at radius 3 is 2.67 bits per heavy atom. The molecule has 0 atom stereocenters.